The molecule has 26 heavy (non-hydrogen) atoms. The lowest BCUT2D eigenvalue weighted by atomic mass is 10.1. The van der Waals surface area contributed by atoms with Gasteiger partial charge in [-0.2, -0.15) is 0 Å². The number of hydrogen-bond acceptors (Lipinski definition) is 4. The highest BCUT2D eigenvalue weighted by Crippen LogP contribution is 2.24. The lowest BCUT2D eigenvalue weighted by Crippen LogP contribution is -2.45. The maximum Gasteiger partial charge on any atom is 0.254 e. The molecule has 2 aliphatic heterocycles. The number of aryl methyl sites for hydroxylation is 2. The Balaban J connectivity index is 0.00000121. The molecule has 1 amide bonds. The van der Waals surface area contributed by atoms with Crippen molar-refractivity contribution in [2.75, 3.05) is 25.0 Å². The molecule has 4 rings (SSSR count). The Morgan fingerprint density at radius 2 is 2.04 bits per heavy atom. The molecule has 0 radical (unpaired) electrons. The summed E-state index contributed by atoms with van der Waals surface area (Å²) >= 11 is 0. The molecule has 1 atom stereocenters. The molecule has 2 N–H and O–H groups in total. The maximum absolute atomic E-state index is 12.2. The molecule has 0 saturated carbocycles. The van der Waals surface area contributed by atoms with E-state index in [-0.39, 0.29) is 30.7 Å². The first kappa shape index (κ1) is 20.7. The number of morpholine rings is 1. The van der Waals surface area contributed by atoms with Crippen molar-refractivity contribution in [3.8, 4) is 11.3 Å². The highest BCUT2D eigenvalue weighted by Gasteiger charge is 2.21. The van der Waals surface area contributed by atoms with E-state index in [2.05, 4.69) is 21.4 Å². The predicted molar refractivity (Wildman–Crippen MR) is 106 cm³/mol. The minimum absolute atomic E-state index is 0. The van der Waals surface area contributed by atoms with E-state index >= 15 is 0 Å². The van der Waals surface area contributed by atoms with Crippen molar-refractivity contribution in [2.24, 2.45) is 0 Å². The monoisotopic (exact) mass is 398 g/mol. The third kappa shape index (κ3) is 4.57. The van der Waals surface area contributed by atoms with Crippen LogP contribution in [-0.4, -0.2) is 41.3 Å². The fourth-order valence-corrected chi connectivity index (χ4v) is 3.23. The lowest BCUT2D eigenvalue weighted by molar-refractivity contribution is -0.128. The number of carbonyl (C=O) groups is 1. The van der Waals surface area contributed by atoms with Gasteiger partial charge in [-0.1, -0.05) is 12.1 Å². The number of halogens is 2. The quantitative estimate of drug-likeness (QED) is 0.833. The highest BCUT2D eigenvalue weighted by molar-refractivity contribution is 5.94. The maximum atomic E-state index is 12.2. The van der Waals surface area contributed by atoms with E-state index < -0.39 is 6.10 Å². The Labute approximate surface area is 165 Å². The number of fused-ring (bicyclic) bond motifs is 1. The van der Waals surface area contributed by atoms with Gasteiger partial charge in [0.05, 0.1) is 12.3 Å². The summed E-state index contributed by atoms with van der Waals surface area (Å²) in [6.45, 7) is 2.99. The van der Waals surface area contributed by atoms with Gasteiger partial charge in [0.1, 0.15) is 11.9 Å². The van der Waals surface area contributed by atoms with Gasteiger partial charge in [-0.05, 0) is 25.0 Å². The third-order valence-corrected chi connectivity index (χ3v) is 4.58. The van der Waals surface area contributed by atoms with E-state index in [1.807, 2.05) is 24.3 Å². The van der Waals surface area contributed by atoms with Gasteiger partial charge in [0, 0.05) is 43.5 Å². The van der Waals surface area contributed by atoms with Crippen LogP contribution in [0.1, 0.15) is 18.7 Å². The first-order valence-corrected chi connectivity index (χ1v) is 8.59. The van der Waals surface area contributed by atoms with Crippen molar-refractivity contribution in [3.05, 3.63) is 36.3 Å². The third-order valence-electron chi connectivity index (χ3n) is 4.58. The average molecular weight is 399 g/mol. The van der Waals surface area contributed by atoms with Crippen molar-refractivity contribution >= 4 is 36.4 Å². The van der Waals surface area contributed by atoms with E-state index in [1.54, 1.807) is 0 Å². The van der Waals surface area contributed by atoms with Gasteiger partial charge in [-0.15, -0.1) is 24.8 Å². The molecule has 2 aromatic rings. The molecule has 1 fully saturated rings. The molecule has 1 aromatic heterocycles. The largest absolute Gasteiger partial charge is 0.366 e. The summed E-state index contributed by atoms with van der Waals surface area (Å²) in [6, 6.07) is 7.84. The van der Waals surface area contributed by atoms with Crippen LogP contribution in [0.5, 0.6) is 0 Å². The van der Waals surface area contributed by atoms with E-state index in [0.717, 1.165) is 36.5 Å². The molecule has 2 aliphatic rings. The van der Waals surface area contributed by atoms with Crippen LogP contribution < -0.4 is 10.6 Å². The van der Waals surface area contributed by atoms with Crippen molar-refractivity contribution in [3.63, 3.8) is 0 Å². The van der Waals surface area contributed by atoms with Gasteiger partial charge in [-0.3, -0.25) is 4.79 Å². The van der Waals surface area contributed by atoms with Gasteiger partial charge in [0.15, 0.2) is 0 Å². The molecule has 0 aliphatic carbocycles. The van der Waals surface area contributed by atoms with Crippen LogP contribution in [0.25, 0.3) is 11.3 Å². The van der Waals surface area contributed by atoms with Gasteiger partial charge in [-0.25, -0.2) is 4.98 Å². The van der Waals surface area contributed by atoms with Crippen LogP contribution in [0.2, 0.25) is 0 Å². The summed E-state index contributed by atoms with van der Waals surface area (Å²) in [4.78, 5) is 16.9. The number of hydrogen-bond donors (Lipinski definition) is 2. The van der Waals surface area contributed by atoms with Gasteiger partial charge >= 0.3 is 0 Å². The highest BCUT2D eigenvalue weighted by atomic mass is 35.5. The molecule has 6 nitrogen and oxygen atoms in total. The number of carbonyl (C=O) groups excluding carboxylic acids is 1. The van der Waals surface area contributed by atoms with E-state index in [9.17, 15) is 4.79 Å². The van der Waals surface area contributed by atoms with E-state index in [4.69, 9.17) is 9.72 Å². The van der Waals surface area contributed by atoms with Crippen LogP contribution >= 0.6 is 24.8 Å². The number of aromatic nitrogens is 2. The average Bonchev–Trinajstić information content (AvgIpc) is 3.07. The molecule has 1 saturated heterocycles. The lowest BCUT2D eigenvalue weighted by Gasteiger charge is -2.22. The second-order valence-electron chi connectivity index (χ2n) is 6.32. The van der Waals surface area contributed by atoms with Gasteiger partial charge in [0.25, 0.3) is 5.91 Å². The Morgan fingerprint density at radius 3 is 2.73 bits per heavy atom. The minimum atomic E-state index is -0.418. The predicted octanol–water partition coefficient (Wildman–Crippen LogP) is 2.66. The smallest absolute Gasteiger partial charge is 0.254 e. The van der Waals surface area contributed by atoms with Crippen LogP contribution in [-0.2, 0) is 22.5 Å². The molecule has 0 spiro atoms. The normalized spacial score (nSPS) is 18.8. The Bertz CT molecular complexity index is 704. The molecule has 1 unspecified atom stereocenters. The summed E-state index contributed by atoms with van der Waals surface area (Å²) in [5.41, 5.74) is 2.86. The fraction of sp³-hybridized carbons (Fsp3) is 0.444. The number of anilines is 1. The molecule has 3 heterocycles. The minimum Gasteiger partial charge on any atom is -0.366 e. The Hall–Kier alpha value is -1.60. The van der Waals surface area contributed by atoms with Crippen LogP contribution in [0.4, 0.5) is 5.69 Å². The number of benzene rings is 1. The van der Waals surface area contributed by atoms with Crippen molar-refractivity contribution < 1.29 is 9.53 Å². The molecular formula is C18H24Cl2N4O2. The zero-order chi connectivity index (χ0) is 16.4. The molecule has 1 aromatic carbocycles. The standard InChI is InChI=1S/C18H22N4O2.2ClH/c23-18(16-11-19-8-10-24-16)20-14-6-4-13(5-7-14)15-12-22-9-2-1-3-17(22)21-15;;/h4-7,12,16,19H,1-3,8-11H2,(H,20,23);2*1H. The number of ether oxygens (including phenoxy) is 1. The van der Waals surface area contributed by atoms with E-state index in [0.29, 0.717) is 13.2 Å². The van der Waals surface area contributed by atoms with Crippen molar-refractivity contribution in [2.45, 2.75) is 31.9 Å². The SMILES string of the molecule is Cl.Cl.O=C(Nc1ccc(-c2cn3c(n2)CCCC3)cc1)C1CNCCO1. The van der Waals surface area contributed by atoms with Gasteiger partial charge in [0.2, 0.25) is 0 Å². The summed E-state index contributed by atoms with van der Waals surface area (Å²) < 4.78 is 7.72. The number of rotatable bonds is 3. The molecular weight excluding hydrogens is 375 g/mol. The first-order chi connectivity index (χ1) is 11.8. The zero-order valence-corrected chi connectivity index (χ0v) is 16.1. The number of imidazole rings is 1. The van der Waals surface area contributed by atoms with Gasteiger partial charge < -0.3 is 19.9 Å². The second-order valence-corrected chi connectivity index (χ2v) is 6.32. The summed E-state index contributed by atoms with van der Waals surface area (Å²) in [6.07, 6.45) is 5.22. The summed E-state index contributed by atoms with van der Waals surface area (Å²) in [5.74, 6) is 1.07. The van der Waals surface area contributed by atoms with Crippen LogP contribution in [0.3, 0.4) is 0 Å². The second kappa shape index (κ2) is 9.37. The number of amides is 1. The van der Waals surface area contributed by atoms with Crippen molar-refractivity contribution in [1.82, 2.24) is 14.9 Å². The fourth-order valence-electron chi connectivity index (χ4n) is 3.23. The Kier molecular flexibility index (Phi) is 7.46. The topological polar surface area (TPSA) is 68.2 Å². The first-order valence-electron chi connectivity index (χ1n) is 8.59. The molecule has 0 bridgehead atoms. The van der Waals surface area contributed by atoms with Crippen LogP contribution in [0, 0.1) is 0 Å². The molecule has 142 valence electrons. The summed E-state index contributed by atoms with van der Waals surface area (Å²) in [7, 11) is 0. The van der Waals surface area contributed by atoms with Crippen LogP contribution in [0.15, 0.2) is 30.5 Å². The number of nitrogens with one attached hydrogen (secondary N) is 2. The molecule has 8 heteroatoms. The zero-order valence-electron chi connectivity index (χ0n) is 14.4. The Morgan fingerprint density at radius 1 is 1.23 bits per heavy atom. The summed E-state index contributed by atoms with van der Waals surface area (Å²) in [5, 5.41) is 6.07. The van der Waals surface area contributed by atoms with Crippen molar-refractivity contribution in [1.29, 1.82) is 0 Å². The van der Waals surface area contributed by atoms with E-state index in [1.165, 1.54) is 18.7 Å². The number of nitrogens with zero attached hydrogens (tertiary/aromatic N) is 2.